The van der Waals surface area contributed by atoms with Crippen LogP contribution in [0.1, 0.15) is 20.9 Å². The lowest BCUT2D eigenvalue weighted by Gasteiger charge is -2.06. The fourth-order valence-electron chi connectivity index (χ4n) is 2.15. The Labute approximate surface area is 130 Å². The fourth-order valence-corrected chi connectivity index (χ4v) is 3.13. The van der Waals surface area contributed by atoms with Crippen LogP contribution in [0.4, 0.5) is 0 Å². The Morgan fingerprint density at radius 1 is 1.19 bits per heavy atom. The van der Waals surface area contributed by atoms with Gasteiger partial charge in [0, 0.05) is 16.3 Å². The molecule has 0 atom stereocenters. The van der Waals surface area contributed by atoms with Crippen LogP contribution in [0.15, 0.2) is 36.4 Å². The number of methoxy groups -OCH3 is 1. The van der Waals surface area contributed by atoms with Crippen LogP contribution in [-0.4, -0.2) is 19.6 Å². The highest BCUT2D eigenvalue weighted by molar-refractivity contribution is 7.12. The third kappa shape index (κ3) is 4.99. The molecule has 1 N–H and O–H groups in total. The first-order valence-corrected chi connectivity index (χ1v) is 7.90. The minimum Gasteiger partial charge on any atom is -0.469 e. The lowest BCUT2D eigenvalue weighted by molar-refractivity contribution is -0.139. The van der Waals surface area contributed by atoms with E-state index < -0.39 is 0 Å². The number of aryl methyl sites for hydroxylation is 1. The van der Waals surface area contributed by atoms with Gasteiger partial charge in [0.2, 0.25) is 0 Å². The first kappa shape index (κ1) is 15.7. The summed E-state index contributed by atoms with van der Waals surface area (Å²) in [7, 11) is 1.42. The monoisotopic (exact) mass is 303 g/mol. The number of esters is 1. The quantitative estimate of drug-likeness (QED) is 0.631. The van der Waals surface area contributed by atoms with Crippen LogP contribution >= 0.6 is 11.3 Å². The largest absolute Gasteiger partial charge is 0.469 e. The molecule has 0 radical (unpaired) electrons. The van der Waals surface area contributed by atoms with E-state index in [1.807, 2.05) is 6.07 Å². The van der Waals surface area contributed by atoms with E-state index in [2.05, 4.69) is 47.3 Å². The summed E-state index contributed by atoms with van der Waals surface area (Å²) in [5.74, 6) is -0.184. The number of carbonyl (C=O) groups excluding carboxylic acids is 1. The van der Waals surface area contributed by atoms with Crippen LogP contribution in [0.2, 0.25) is 0 Å². The molecule has 0 bridgehead atoms. The number of rotatable bonds is 7. The van der Waals surface area contributed by atoms with Gasteiger partial charge in [-0.2, -0.15) is 0 Å². The topological polar surface area (TPSA) is 38.3 Å². The van der Waals surface area contributed by atoms with E-state index in [4.69, 9.17) is 0 Å². The highest BCUT2D eigenvalue weighted by Crippen LogP contribution is 2.17. The summed E-state index contributed by atoms with van der Waals surface area (Å²) >= 11 is 1.66. The molecule has 4 heteroatoms. The number of benzene rings is 1. The van der Waals surface area contributed by atoms with Crippen molar-refractivity contribution < 1.29 is 9.53 Å². The predicted molar refractivity (Wildman–Crippen MR) is 86.6 cm³/mol. The van der Waals surface area contributed by atoms with E-state index in [1.54, 1.807) is 11.3 Å². The van der Waals surface area contributed by atoms with Gasteiger partial charge < -0.3 is 10.1 Å². The molecule has 0 unspecified atom stereocenters. The van der Waals surface area contributed by atoms with Crippen molar-refractivity contribution in [2.24, 2.45) is 0 Å². The number of hydrogen-bond donors (Lipinski definition) is 1. The molecule has 0 amide bonds. The molecule has 3 nitrogen and oxygen atoms in total. The molecule has 112 valence electrons. The van der Waals surface area contributed by atoms with E-state index in [0.29, 0.717) is 6.42 Å². The summed E-state index contributed by atoms with van der Waals surface area (Å²) in [6.07, 6.45) is 1.40. The lowest BCUT2D eigenvalue weighted by Crippen LogP contribution is -2.16. The van der Waals surface area contributed by atoms with Crippen LogP contribution in [0, 0.1) is 6.92 Å². The third-order valence-electron chi connectivity index (χ3n) is 3.40. The maximum atomic E-state index is 11.2. The van der Waals surface area contributed by atoms with E-state index in [-0.39, 0.29) is 5.97 Å². The molecule has 1 aromatic heterocycles. The maximum absolute atomic E-state index is 11.2. The van der Waals surface area contributed by atoms with E-state index >= 15 is 0 Å². The van der Waals surface area contributed by atoms with Gasteiger partial charge in [-0.15, -0.1) is 11.3 Å². The number of thiophene rings is 1. The van der Waals surface area contributed by atoms with Crippen LogP contribution in [0.25, 0.3) is 0 Å². The highest BCUT2D eigenvalue weighted by Gasteiger charge is 2.06. The van der Waals surface area contributed by atoms with Crippen LogP contribution in [-0.2, 0) is 28.9 Å². The second-order valence-electron chi connectivity index (χ2n) is 4.97. The molecule has 0 saturated carbocycles. The highest BCUT2D eigenvalue weighted by atomic mass is 32.1. The van der Waals surface area contributed by atoms with E-state index in [9.17, 15) is 4.79 Å². The van der Waals surface area contributed by atoms with Crippen molar-refractivity contribution in [3.63, 3.8) is 0 Å². The molecule has 0 spiro atoms. The maximum Gasteiger partial charge on any atom is 0.310 e. The molecular formula is C17H21NO2S. The minimum atomic E-state index is -0.184. The Balaban J connectivity index is 1.74. The first-order chi connectivity index (χ1) is 10.2. The van der Waals surface area contributed by atoms with Gasteiger partial charge in [-0.3, -0.25) is 4.79 Å². The van der Waals surface area contributed by atoms with E-state index in [0.717, 1.165) is 24.4 Å². The standard InChI is InChI=1S/C17H21NO2S/c1-13-5-3-4-6-14(13)9-10-18-12-16-8-7-15(21-16)11-17(19)20-2/h3-8,18H,9-12H2,1-2H3. The van der Waals surface area contributed by atoms with Gasteiger partial charge in [-0.05, 0) is 43.1 Å². The second kappa shape index (κ2) is 7.96. The molecule has 2 aromatic rings. The summed E-state index contributed by atoms with van der Waals surface area (Å²) < 4.78 is 4.67. The van der Waals surface area contributed by atoms with Gasteiger partial charge in [0.1, 0.15) is 0 Å². The van der Waals surface area contributed by atoms with Gasteiger partial charge in [-0.25, -0.2) is 0 Å². The molecule has 0 aliphatic carbocycles. The molecule has 1 heterocycles. The average Bonchev–Trinajstić information content (AvgIpc) is 2.92. The Morgan fingerprint density at radius 3 is 2.71 bits per heavy atom. The van der Waals surface area contributed by atoms with Crippen molar-refractivity contribution in [2.75, 3.05) is 13.7 Å². The number of ether oxygens (including phenoxy) is 1. The minimum absolute atomic E-state index is 0.184. The van der Waals surface area contributed by atoms with Crippen LogP contribution in [0.3, 0.4) is 0 Å². The molecule has 0 aliphatic heterocycles. The molecule has 0 saturated heterocycles. The molecule has 0 aliphatic rings. The zero-order valence-electron chi connectivity index (χ0n) is 12.5. The zero-order valence-corrected chi connectivity index (χ0v) is 13.3. The summed E-state index contributed by atoms with van der Waals surface area (Å²) in [5.41, 5.74) is 2.73. The summed E-state index contributed by atoms with van der Waals surface area (Å²) in [6.45, 7) is 3.94. The average molecular weight is 303 g/mol. The van der Waals surface area contributed by atoms with Gasteiger partial charge in [0.05, 0.1) is 13.5 Å². The Kier molecular flexibility index (Phi) is 5.96. The smallest absolute Gasteiger partial charge is 0.310 e. The van der Waals surface area contributed by atoms with Crippen molar-refractivity contribution >= 4 is 17.3 Å². The normalized spacial score (nSPS) is 10.6. The van der Waals surface area contributed by atoms with Crippen molar-refractivity contribution in [2.45, 2.75) is 26.3 Å². The van der Waals surface area contributed by atoms with Crippen molar-refractivity contribution in [1.29, 1.82) is 0 Å². The molecule has 1 aromatic carbocycles. The van der Waals surface area contributed by atoms with Gasteiger partial charge in [0.25, 0.3) is 0 Å². The summed E-state index contributed by atoms with van der Waals surface area (Å²) in [6, 6.07) is 12.6. The number of nitrogens with one attached hydrogen (secondary N) is 1. The second-order valence-corrected chi connectivity index (χ2v) is 6.23. The third-order valence-corrected chi connectivity index (χ3v) is 4.48. The Hall–Kier alpha value is -1.65. The summed E-state index contributed by atoms with van der Waals surface area (Å²) in [4.78, 5) is 13.5. The molecule has 2 rings (SSSR count). The van der Waals surface area contributed by atoms with Gasteiger partial charge in [0.15, 0.2) is 0 Å². The fraction of sp³-hybridized carbons (Fsp3) is 0.353. The molecule has 21 heavy (non-hydrogen) atoms. The lowest BCUT2D eigenvalue weighted by atomic mass is 10.1. The summed E-state index contributed by atoms with van der Waals surface area (Å²) in [5, 5.41) is 3.45. The van der Waals surface area contributed by atoms with Crippen LogP contribution in [0.5, 0.6) is 0 Å². The van der Waals surface area contributed by atoms with E-state index in [1.165, 1.54) is 23.1 Å². The first-order valence-electron chi connectivity index (χ1n) is 7.08. The van der Waals surface area contributed by atoms with Gasteiger partial charge >= 0.3 is 5.97 Å². The van der Waals surface area contributed by atoms with Gasteiger partial charge in [-0.1, -0.05) is 24.3 Å². The zero-order chi connectivity index (χ0) is 15.1. The molecular weight excluding hydrogens is 282 g/mol. The number of carbonyl (C=O) groups is 1. The molecule has 0 fully saturated rings. The van der Waals surface area contributed by atoms with Crippen molar-refractivity contribution in [1.82, 2.24) is 5.32 Å². The number of hydrogen-bond acceptors (Lipinski definition) is 4. The van der Waals surface area contributed by atoms with Crippen molar-refractivity contribution in [3.05, 3.63) is 57.3 Å². The predicted octanol–water partition coefficient (Wildman–Crippen LogP) is 3.10. The van der Waals surface area contributed by atoms with Crippen molar-refractivity contribution in [3.8, 4) is 0 Å². The Morgan fingerprint density at radius 2 is 1.95 bits per heavy atom. The Bertz CT molecular complexity index is 592. The van der Waals surface area contributed by atoms with Crippen LogP contribution < -0.4 is 5.32 Å². The SMILES string of the molecule is COC(=O)Cc1ccc(CNCCc2ccccc2C)s1.